The lowest BCUT2D eigenvalue weighted by Gasteiger charge is -2.15. The summed E-state index contributed by atoms with van der Waals surface area (Å²) in [6, 6.07) is 10.8. The van der Waals surface area contributed by atoms with E-state index in [2.05, 4.69) is 19.7 Å². The van der Waals surface area contributed by atoms with Crippen LogP contribution >= 0.6 is 0 Å². The highest BCUT2D eigenvalue weighted by molar-refractivity contribution is 5.91. The molecule has 0 amide bonds. The second kappa shape index (κ2) is 9.47. The Morgan fingerprint density at radius 3 is 2.12 bits per heavy atom. The maximum Gasteiger partial charge on any atom is 0.338 e. The Hall–Kier alpha value is -3.93. The van der Waals surface area contributed by atoms with E-state index in [9.17, 15) is 14.4 Å². The summed E-state index contributed by atoms with van der Waals surface area (Å²) >= 11 is 0. The summed E-state index contributed by atoms with van der Waals surface area (Å²) in [7, 11) is 0. The number of carbonyl (C=O) groups excluding carboxylic acids is 3. The minimum Gasteiger partial charge on any atom is -0.454 e. The number of esters is 3. The molecule has 2 aromatic carbocycles. The van der Waals surface area contributed by atoms with Gasteiger partial charge in [0.15, 0.2) is 11.5 Å². The molecule has 6 heteroatoms. The van der Waals surface area contributed by atoms with Gasteiger partial charge in [-0.2, -0.15) is 0 Å². The zero-order valence-electron chi connectivity index (χ0n) is 18.1. The Kier molecular flexibility index (Phi) is 6.73. The Bertz CT molecular complexity index is 1140. The number of carbonyl (C=O) groups is 3. The van der Waals surface area contributed by atoms with Crippen LogP contribution in [-0.4, -0.2) is 17.9 Å². The fraction of sp³-hybridized carbons (Fsp3) is 0.192. The Balaban J connectivity index is 1.98. The van der Waals surface area contributed by atoms with Gasteiger partial charge in [-0.3, -0.25) is 0 Å². The third-order valence-corrected chi connectivity index (χ3v) is 4.97. The third kappa shape index (κ3) is 5.03. The lowest BCUT2D eigenvalue weighted by Crippen LogP contribution is -2.12. The van der Waals surface area contributed by atoms with Crippen LogP contribution in [0.3, 0.4) is 0 Å². The molecule has 3 rings (SSSR count). The van der Waals surface area contributed by atoms with Gasteiger partial charge in [0, 0.05) is 17.2 Å². The Morgan fingerprint density at radius 2 is 1.50 bits per heavy atom. The number of benzene rings is 2. The lowest BCUT2D eigenvalue weighted by atomic mass is 9.99. The van der Waals surface area contributed by atoms with Gasteiger partial charge >= 0.3 is 17.9 Å². The van der Waals surface area contributed by atoms with Gasteiger partial charge < -0.3 is 14.2 Å². The molecular weight excluding hydrogens is 408 g/mol. The van der Waals surface area contributed by atoms with Crippen LogP contribution in [-0.2, 0) is 25.5 Å². The molecule has 1 aliphatic carbocycles. The van der Waals surface area contributed by atoms with Crippen molar-refractivity contribution in [1.82, 2.24) is 0 Å². The van der Waals surface area contributed by atoms with Crippen LogP contribution in [0.2, 0.25) is 0 Å². The summed E-state index contributed by atoms with van der Waals surface area (Å²) in [5, 5.41) is 0. The van der Waals surface area contributed by atoms with E-state index in [1.807, 2.05) is 18.2 Å². The molecule has 1 aliphatic rings. The summed E-state index contributed by atoms with van der Waals surface area (Å²) < 4.78 is 16.2. The molecule has 6 nitrogen and oxygen atoms in total. The highest BCUT2D eigenvalue weighted by Crippen LogP contribution is 2.39. The van der Waals surface area contributed by atoms with Gasteiger partial charge in [0.2, 0.25) is 0 Å². The first kappa shape index (κ1) is 22.7. The molecule has 0 N–H and O–H groups in total. The van der Waals surface area contributed by atoms with Crippen molar-refractivity contribution < 1.29 is 28.6 Å². The van der Waals surface area contributed by atoms with Gasteiger partial charge in [-0.1, -0.05) is 37.9 Å². The minimum atomic E-state index is -0.639. The molecule has 164 valence electrons. The van der Waals surface area contributed by atoms with E-state index in [-0.39, 0.29) is 28.7 Å². The minimum absolute atomic E-state index is 0.0835. The zero-order chi connectivity index (χ0) is 23.4. The van der Waals surface area contributed by atoms with E-state index >= 15 is 0 Å². The van der Waals surface area contributed by atoms with Crippen LogP contribution in [0.25, 0.3) is 11.1 Å². The molecule has 0 aliphatic heterocycles. The van der Waals surface area contributed by atoms with Crippen molar-refractivity contribution in [3.63, 3.8) is 0 Å². The number of rotatable bonds is 7. The lowest BCUT2D eigenvalue weighted by molar-refractivity contribution is -0.143. The number of hydrogen-bond acceptors (Lipinski definition) is 6. The van der Waals surface area contributed by atoms with Crippen LogP contribution in [0.5, 0.6) is 11.5 Å². The van der Waals surface area contributed by atoms with Gasteiger partial charge in [-0.05, 0) is 67.1 Å². The number of hydrogen-bond donors (Lipinski definition) is 0. The van der Waals surface area contributed by atoms with Crippen molar-refractivity contribution in [2.75, 3.05) is 0 Å². The van der Waals surface area contributed by atoms with Gasteiger partial charge in [0.25, 0.3) is 0 Å². The van der Waals surface area contributed by atoms with Crippen molar-refractivity contribution in [3.05, 3.63) is 84.5 Å². The fourth-order valence-corrected chi connectivity index (χ4v) is 3.28. The van der Waals surface area contributed by atoms with E-state index in [4.69, 9.17) is 14.2 Å². The van der Waals surface area contributed by atoms with E-state index in [0.717, 1.165) is 34.8 Å². The molecule has 0 heterocycles. The Morgan fingerprint density at radius 1 is 0.906 bits per heavy atom. The van der Waals surface area contributed by atoms with E-state index in [1.165, 1.54) is 13.8 Å². The molecule has 0 bridgehead atoms. The molecular formula is C26H24O6. The first-order valence-corrected chi connectivity index (χ1v) is 10.0. The van der Waals surface area contributed by atoms with E-state index in [0.29, 0.717) is 6.42 Å². The predicted octanol–water partition coefficient (Wildman–Crippen LogP) is 5.03. The molecule has 1 unspecified atom stereocenters. The van der Waals surface area contributed by atoms with E-state index < -0.39 is 17.9 Å². The number of fused-ring (bicyclic) bond motifs is 1. The van der Waals surface area contributed by atoms with Crippen molar-refractivity contribution in [1.29, 1.82) is 0 Å². The quantitative estimate of drug-likeness (QED) is 0.347. The Labute approximate surface area is 186 Å². The second-order valence-corrected chi connectivity index (χ2v) is 7.58. The maximum absolute atomic E-state index is 12.1. The molecule has 0 fully saturated rings. The van der Waals surface area contributed by atoms with Crippen molar-refractivity contribution in [2.45, 2.75) is 32.8 Å². The van der Waals surface area contributed by atoms with Crippen LogP contribution in [0.15, 0.2) is 73.4 Å². The van der Waals surface area contributed by atoms with Gasteiger partial charge in [0.1, 0.15) is 6.10 Å². The van der Waals surface area contributed by atoms with Crippen LogP contribution in [0, 0.1) is 0 Å². The zero-order valence-corrected chi connectivity index (χ0v) is 18.1. The van der Waals surface area contributed by atoms with Crippen LogP contribution < -0.4 is 9.47 Å². The number of aryl methyl sites for hydroxylation is 1. The standard InChI is InChI=1S/C26H24O6/c1-6-24(27)30-21-11-9-17-7-8-18(13-20(17)21)19-10-12-22(31-25(28)15(2)3)23(14-19)32-26(29)16(4)5/h6-8,10,12-14,21H,1-2,4,9,11H2,3,5H3. The summed E-state index contributed by atoms with van der Waals surface area (Å²) in [6.07, 6.45) is 2.32. The molecule has 1 atom stereocenters. The smallest absolute Gasteiger partial charge is 0.338 e. The number of ether oxygens (including phenoxy) is 3. The summed E-state index contributed by atoms with van der Waals surface area (Å²) in [4.78, 5) is 35.8. The topological polar surface area (TPSA) is 78.9 Å². The molecule has 0 saturated heterocycles. The molecule has 32 heavy (non-hydrogen) atoms. The summed E-state index contributed by atoms with van der Waals surface area (Å²) in [5.74, 6) is -1.56. The molecule has 0 saturated carbocycles. The molecule has 0 radical (unpaired) electrons. The normalized spacial score (nSPS) is 14.1. The average molecular weight is 432 g/mol. The largest absolute Gasteiger partial charge is 0.454 e. The molecule has 0 aromatic heterocycles. The summed E-state index contributed by atoms with van der Waals surface area (Å²) in [6.45, 7) is 13.6. The van der Waals surface area contributed by atoms with E-state index in [1.54, 1.807) is 18.2 Å². The first-order chi connectivity index (χ1) is 15.2. The van der Waals surface area contributed by atoms with Crippen molar-refractivity contribution in [2.24, 2.45) is 0 Å². The van der Waals surface area contributed by atoms with Gasteiger partial charge in [0.05, 0.1) is 0 Å². The van der Waals surface area contributed by atoms with Crippen LogP contribution in [0.1, 0.15) is 37.5 Å². The second-order valence-electron chi connectivity index (χ2n) is 7.58. The first-order valence-electron chi connectivity index (χ1n) is 10.0. The maximum atomic E-state index is 12.1. The fourth-order valence-electron chi connectivity index (χ4n) is 3.28. The van der Waals surface area contributed by atoms with Gasteiger partial charge in [-0.15, -0.1) is 0 Å². The van der Waals surface area contributed by atoms with Crippen molar-refractivity contribution >= 4 is 17.9 Å². The van der Waals surface area contributed by atoms with Crippen molar-refractivity contribution in [3.8, 4) is 22.6 Å². The van der Waals surface area contributed by atoms with Crippen LogP contribution in [0.4, 0.5) is 0 Å². The molecule has 2 aromatic rings. The monoisotopic (exact) mass is 432 g/mol. The summed E-state index contributed by atoms with van der Waals surface area (Å²) in [5.41, 5.74) is 4.01. The average Bonchev–Trinajstić information content (AvgIpc) is 3.16. The van der Waals surface area contributed by atoms with Gasteiger partial charge in [-0.25, -0.2) is 14.4 Å². The molecule has 0 spiro atoms. The SMILES string of the molecule is C=CC(=O)OC1CCc2ccc(-c3ccc(OC(=O)C(=C)C)c(OC(=O)C(=C)C)c3)cc21. The highest BCUT2D eigenvalue weighted by atomic mass is 16.6. The predicted molar refractivity (Wildman–Crippen MR) is 120 cm³/mol. The third-order valence-electron chi connectivity index (χ3n) is 4.97. The highest BCUT2D eigenvalue weighted by Gasteiger charge is 2.26.